The average Bonchev–Trinajstić information content (AvgIpc) is 3.03. The number of carboxylic acids is 1. The monoisotopic (exact) mass is 798 g/mol. The smallest absolute Gasteiger partial charge is 0.336 e. The summed E-state index contributed by atoms with van der Waals surface area (Å²) in [4.78, 5) is 38.3. The molecular weight excluding hydrogens is 755 g/mol. The van der Waals surface area contributed by atoms with Crippen molar-refractivity contribution in [3.8, 4) is 0 Å². The Kier molecular flexibility index (Phi) is 16.4. The predicted molar refractivity (Wildman–Crippen MR) is 200 cm³/mol. The number of aldehydes is 1. The number of allylic oxidation sites excluding steroid dienone is 6. The summed E-state index contributed by atoms with van der Waals surface area (Å²) in [5.41, 5.74) is 3.04. The molecule has 0 aliphatic heterocycles. The lowest BCUT2D eigenvalue weighted by molar-refractivity contribution is -0.440. The van der Waals surface area contributed by atoms with Gasteiger partial charge in [-0.15, -0.1) is 0 Å². The maximum Gasteiger partial charge on any atom is 0.336 e. The Balaban J connectivity index is 2.54. The third kappa shape index (κ3) is 15.2. The zero-order chi connectivity index (χ0) is 40.1. The highest BCUT2D eigenvalue weighted by molar-refractivity contribution is 7.86. The van der Waals surface area contributed by atoms with Crippen molar-refractivity contribution in [2.45, 2.75) is 40.5 Å². The van der Waals surface area contributed by atoms with Gasteiger partial charge in [-0.1, -0.05) is 24.3 Å². The molecular formula is C34H44N3O13S3+. The number of aromatic carboxylic acids is 1. The second kappa shape index (κ2) is 19.5. The van der Waals surface area contributed by atoms with E-state index in [1.54, 1.807) is 79.7 Å². The Hall–Kier alpha value is -4.53. The summed E-state index contributed by atoms with van der Waals surface area (Å²) in [5, 5.41) is 12.0. The summed E-state index contributed by atoms with van der Waals surface area (Å²) in [6, 6.07) is 7.51. The number of amides is 1. The molecule has 5 N–H and O–H groups in total. The minimum absolute atomic E-state index is 0.0267. The van der Waals surface area contributed by atoms with Crippen LogP contribution in [0.2, 0.25) is 0 Å². The quantitative estimate of drug-likeness (QED) is 0.0422. The molecule has 1 amide bonds. The van der Waals surface area contributed by atoms with Crippen molar-refractivity contribution in [2.24, 2.45) is 0 Å². The van der Waals surface area contributed by atoms with Gasteiger partial charge in [0.2, 0.25) is 5.69 Å². The van der Waals surface area contributed by atoms with Crippen molar-refractivity contribution in [3.63, 3.8) is 0 Å². The fourth-order valence-corrected chi connectivity index (χ4v) is 6.61. The standard InChI is InChI=1S/C34H43N3O13S3/c1-24(36(16-9-18-51(42,43)44)31-14-8-13-29(26(31)3)34(40)41)11-6-5-7-12-25(2)37(17-10-19-52(45,46)47)32-22-28(23-38)21-30(27(32)4)33(39)35-15-20-53(48,49)50/h5-8,11-14,21-23H,9-10,15-20H2,1-4H3,(H4-,35,39,40,41,42,43,44,45,46,47,48,49,50)/p+1. The summed E-state index contributed by atoms with van der Waals surface area (Å²) in [5.74, 6) is -3.66. The third-order valence-electron chi connectivity index (χ3n) is 7.86. The molecule has 2 aromatic carbocycles. The average molecular weight is 799 g/mol. The number of carbonyl (C=O) groups excluding carboxylic acids is 2. The van der Waals surface area contributed by atoms with Gasteiger partial charge in [0, 0.05) is 66.7 Å². The Bertz CT molecular complexity index is 2150. The minimum atomic E-state index is -4.35. The Labute approximate surface area is 309 Å². The van der Waals surface area contributed by atoms with Crippen LogP contribution >= 0.6 is 0 Å². The van der Waals surface area contributed by atoms with Crippen LogP contribution in [0, 0.1) is 13.8 Å². The first-order chi connectivity index (χ1) is 24.5. The maximum absolute atomic E-state index is 13.0. The molecule has 0 atom stereocenters. The molecule has 0 aliphatic rings. The van der Waals surface area contributed by atoms with E-state index in [1.165, 1.54) is 18.2 Å². The van der Waals surface area contributed by atoms with Crippen LogP contribution < -0.4 is 10.2 Å². The molecule has 0 saturated carbocycles. The van der Waals surface area contributed by atoms with Gasteiger partial charge in [-0.25, -0.2) is 4.79 Å². The van der Waals surface area contributed by atoms with Crippen molar-refractivity contribution in [2.75, 3.05) is 41.8 Å². The predicted octanol–water partition coefficient (Wildman–Crippen LogP) is 3.62. The van der Waals surface area contributed by atoms with Gasteiger partial charge < -0.3 is 15.3 Å². The second-order valence-corrected chi connectivity index (χ2v) is 16.6. The molecule has 19 heteroatoms. The number of anilines is 1. The van der Waals surface area contributed by atoms with Gasteiger partial charge >= 0.3 is 5.97 Å². The molecule has 0 radical (unpaired) electrons. The molecule has 0 fully saturated rings. The van der Waals surface area contributed by atoms with Crippen LogP contribution in [-0.2, 0) is 30.4 Å². The first-order valence-electron chi connectivity index (χ1n) is 16.0. The van der Waals surface area contributed by atoms with E-state index < -0.39 is 66.0 Å². The lowest BCUT2D eigenvalue weighted by Gasteiger charge is -2.27. The molecule has 0 spiro atoms. The highest BCUT2D eigenvalue weighted by Gasteiger charge is 2.24. The van der Waals surface area contributed by atoms with Gasteiger partial charge in [0.05, 0.1) is 22.8 Å². The highest BCUT2D eigenvalue weighted by Crippen LogP contribution is 2.28. The lowest BCUT2D eigenvalue weighted by atomic mass is 10.0. The van der Waals surface area contributed by atoms with E-state index in [0.29, 0.717) is 40.2 Å². The van der Waals surface area contributed by atoms with E-state index in [-0.39, 0.29) is 42.6 Å². The van der Waals surface area contributed by atoms with Crippen molar-refractivity contribution < 1.29 is 63.0 Å². The molecule has 0 aromatic heterocycles. The number of carboxylic acid groups (broad SMARTS) is 1. The summed E-state index contributed by atoms with van der Waals surface area (Å²) in [7, 11) is -12.9. The van der Waals surface area contributed by atoms with E-state index in [9.17, 15) is 53.8 Å². The van der Waals surface area contributed by atoms with Crippen LogP contribution in [0.4, 0.5) is 11.4 Å². The number of nitrogens with zero attached hydrogens (tertiary/aromatic N) is 2. The van der Waals surface area contributed by atoms with Gasteiger partial charge in [0.15, 0.2) is 5.71 Å². The maximum atomic E-state index is 13.0. The number of hydrogen-bond acceptors (Lipinski definition) is 10. The number of nitrogens with one attached hydrogen (secondary N) is 1. The third-order valence-corrected chi connectivity index (χ3v) is 10.2. The van der Waals surface area contributed by atoms with Crippen LogP contribution in [0.1, 0.15) is 68.9 Å². The molecule has 0 saturated heterocycles. The molecule has 0 unspecified atom stereocenters. The summed E-state index contributed by atoms with van der Waals surface area (Å²) in [6.07, 6.45) is 8.84. The van der Waals surface area contributed by atoms with Gasteiger partial charge in [-0.2, -0.15) is 29.8 Å². The molecule has 0 heterocycles. The molecule has 0 aliphatic carbocycles. The summed E-state index contributed by atoms with van der Waals surface area (Å²) < 4.78 is 97.0. The van der Waals surface area contributed by atoms with E-state index in [0.717, 1.165) is 0 Å². The number of hydrogen-bond donors (Lipinski definition) is 5. The van der Waals surface area contributed by atoms with Crippen LogP contribution in [-0.4, -0.2) is 109 Å². The zero-order valence-corrected chi connectivity index (χ0v) is 32.0. The molecule has 290 valence electrons. The number of benzene rings is 2. The number of carbonyl (C=O) groups is 3. The summed E-state index contributed by atoms with van der Waals surface area (Å²) >= 11 is 0. The molecule has 0 bridgehead atoms. The topological polar surface area (TPSA) is 253 Å². The van der Waals surface area contributed by atoms with Crippen LogP contribution in [0.25, 0.3) is 0 Å². The van der Waals surface area contributed by atoms with E-state index in [1.807, 2.05) is 0 Å². The van der Waals surface area contributed by atoms with E-state index >= 15 is 0 Å². The van der Waals surface area contributed by atoms with E-state index in [4.69, 9.17) is 4.55 Å². The van der Waals surface area contributed by atoms with Crippen LogP contribution in [0.3, 0.4) is 0 Å². The summed E-state index contributed by atoms with van der Waals surface area (Å²) in [6.45, 7) is 6.40. The van der Waals surface area contributed by atoms with Crippen molar-refractivity contribution in [1.82, 2.24) is 5.32 Å². The Morgan fingerprint density at radius 3 is 2.04 bits per heavy atom. The van der Waals surface area contributed by atoms with Gasteiger partial charge in [-0.3, -0.25) is 23.2 Å². The van der Waals surface area contributed by atoms with Crippen LogP contribution in [0.15, 0.2) is 66.4 Å². The fraction of sp³-hybridized carbons (Fsp3) is 0.353. The first kappa shape index (κ1) is 44.6. The lowest BCUT2D eigenvalue weighted by Crippen LogP contribution is -2.30. The Morgan fingerprint density at radius 1 is 0.830 bits per heavy atom. The largest absolute Gasteiger partial charge is 0.478 e. The molecule has 2 aromatic rings. The van der Waals surface area contributed by atoms with Crippen LogP contribution in [0.5, 0.6) is 0 Å². The van der Waals surface area contributed by atoms with E-state index in [2.05, 4.69) is 5.32 Å². The van der Waals surface area contributed by atoms with Gasteiger partial charge in [0.25, 0.3) is 36.3 Å². The highest BCUT2D eigenvalue weighted by atomic mass is 32.2. The SMILES string of the molecule is C\C(=C/C=C/C=C/C(C)=[N+](\CCCS(=O)(=O)O)c1cc(C=O)cc(C(=O)NCCS(=O)(=O)O)c1C)N(CCCS(=O)(=O)O)c1cccc(C(=O)O)c1C. The van der Waals surface area contributed by atoms with Gasteiger partial charge in [0.1, 0.15) is 12.8 Å². The van der Waals surface area contributed by atoms with Crippen molar-refractivity contribution in [1.29, 1.82) is 0 Å². The molecule has 16 nitrogen and oxygen atoms in total. The molecule has 53 heavy (non-hydrogen) atoms. The molecule has 2 rings (SSSR count). The minimum Gasteiger partial charge on any atom is -0.478 e. The Morgan fingerprint density at radius 2 is 1.45 bits per heavy atom. The van der Waals surface area contributed by atoms with Gasteiger partial charge in [-0.05, 0) is 57.0 Å². The second-order valence-electron chi connectivity index (χ2n) is 11.9. The number of rotatable bonds is 20. The fourth-order valence-electron chi connectivity index (χ4n) is 5.26. The zero-order valence-electron chi connectivity index (χ0n) is 29.6. The van der Waals surface area contributed by atoms with Crippen molar-refractivity contribution in [3.05, 3.63) is 94.2 Å². The first-order valence-corrected chi connectivity index (χ1v) is 20.8. The van der Waals surface area contributed by atoms with Crippen molar-refractivity contribution >= 4 is 65.6 Å². The normalized spacial score (nSPS) is 13.3.